The summed E-state index contributed by atoms with van der Waals surface area (Å²) in [6.07, 6.45) is 7.01. The van der Waals surface area contributed by atoms with Crippen molar-refractivity contribution >= 4 is 15.7 Å². The highest BCUT2D eigenvalue weighted by Crippen LogP contribution is 2.48. The number of halogens is 3. The molecule has 2 saturated carbocycles. The van der Waals surface area contributed by atoms with Gasteiger partial charge in [0.05, 0.1) is 18.6 Å². The van der Waals surface area contributed by atoms with E-state index in [4.69, 9.17) is 0 Å². The fourth-order valence-electron chi connectivity index (χ4n) is 4.51. The van der Waals surface area contributed by atoms with Crippen molar-refractivity contribution in [3.8, 4) is 0 Å². The van der Waals surface area contributed by atoms with Crippen LogP contribution in [0.2, 0.25) is 0 Å². The fraction of sp³-hybridized carbons (Fsp3) is 0.550. The number of hydrogen-bond donors (Lipinski definition) is 1. The summed E-state index contributed by atoms with van der Waals surface area (Å²) in [7, 11) is -5.43. The van der Waals surface area contributed by atoms with Gasteiger partial charge in [0.1, 0.15) is 0 Å². The second kappa shape index (κ2) is 6.98. The Balaban J connectivity index is 1.63. The molecule has 5 rings (SSSR count). The Labute approximate surface area is 173 Å². The molecule has 6 nitrogen and oxygen atoms in total. The van der Waals surface area contributed by atoms with Crippen molar-refractivity contribution in [1.82, 2.24) is 14.3 Å². The molecule has 1 unspecified atom stereocenters. The van der Waals surface area contributed by atoms with Crippen molar-refractivity contribution in [3.63, 3.8) is 0 Å². The molecule has 30 heavy (non-hydrogen) atoms. The first-order valence-electron chi connectivity index (χ1n) is 10.2. The summed E-state index contributed by atoms with van der Waals surface area (Å²) in [6.45, 7) is 0.0359. The topological polar surface area (TPSA) is 69.3 Å². The summed E-state index contributed by atoms with van der Waals surface area (Å²) in [5, 5.41) is 0. The van der Waals surface area contributed by atoms with Crippen molar-refractivity contribution < 1.29 is 21.6 Å². The molecular weight excluding hydrogens is 417 g/mol. The molecule has 1 aromatic heterocycles. The van der Waals surface area contributed by atoms with E-state index >= 15 is 0 Å². The maximum Gasteiger partial charge on any atom is 0.511 e. The molecule has 10 heteroatoms. The number of rotatable bonds is 5. The zero-order chi connectivity index (χ0) is 21.1. The molecule has 0 saturated heterocycles. The normalized spacial score (nSPS) is 23.3. The van der Waals surface area contributed by atoms with E-state index < -0.39 is 15.5 Å². The summed E-state index contributed by atoms with van der Waals surface area (Å²) in [5.74, 6) is 0.469. The third-order valence-electron chi connectivity index (χ3n) is 6.33. The lowest BCUT2D eigenvalue weighted by molar-refractivity contribution is -0.0492. The van der Waals surface area contributed by atoms with Crippen molar-refractivity contribution in [2.24, 2.45) is 5.92 Å². The van der Waals surface area contributed by atoms with E-state index in [2.05, 4.69) is 14.9 Å². The summed E-state index contributed by atoms with van der Waals surface area (Å²) >= 11 is 0. The Bertz CT molecular complexity index is 1030. The highest BCUT2D eigenvalue weighted by molar-refractivity contribution is 7.89. The number of anilines is 1. The number of H-pyrrole nitrogens is 1. The zero-order valence-electron chi connectivity index (χ0n) is 16.3. The van der Waals surface area contributed by atoms with Crippen molar-refractivity contribution in [1.29, 1.82) is 0 Å². The third-order valence-corrected chi connectivity index (χ3v) is 7.88. The maximum atomic E-state index is 13.5. The number of hydrogen-bond acceptors (Lipinski definition) is 4. The van der Waals surface area contributed by atoms with Crippen LogP contribution in [0.3, 0.4) is 0 Å². The highest BCUT2D eigenvalue weighted by Gasteiger charge is 2.53. The summed E-state index contributed by atoms with van der Waals surface area (Å²) in [4.78, 5) is 9.22. The average Bonchev–Trinajstić information content (AvgIpc) is 3.60. The Hall–Kier alpha value is -2.07. The van der Waals surface area contributed by atoms with Gasteiger partial charge in [0, 0.05) is 31.0 Å². The van der Waals surface area contributed by atoms with Crippen LogP contribution >= 0.6 is 0 Å². The monoisotopic (exact) mass is 440 g/mol. The molecule has 0 spiro atoms. The van der Waals surface area contributed by atoms with Crippen LogP contribution in [-0.4, -0.2) is 40.8 Å². The molecule has 3 aliphatic rings. The number of sulfonamides is 1. The summed E-state index contributed by atoms with van der Waals surface area (Å²) < 4.78 is 66.0. The number of aromatic amines is 1. The maximum absolute atomic E-state index is 13.5. The van der Waals surface area contributed by atoms with Crippen LogP contribution in [-0.2, 0) is 23.1 Å². The Morgan fingerprint density at radius 2 is 1.93 bits per heavy atom. The van der Waals surface area contributed by atoms with Gasteiger partial charge in [-0.1, -0.05) is 12.1 Å². The molecule has 2 aliphatic carbocycles. The van der Waals surface area contributed by atoms with E-state index in [9.17, 15) is 21.6 Å². The van der Waals surface area contributed by atoms with Crippen LogP contribution in [0.15, 0.2) is 30.7 Å². The molecule has 162 valence electrons. The molecule has 0 radical (unpaired) electrons. The first kappa shape index (κ1) is 19.9. The number of nitrogens with one attached hydrogen (secondary N) is 1. The van der Waals surface area contributed by atoms with E-state index in [-0.39, 0.29) is 25.0 Å². The quantitative estimate of drug-likeness (QED) is 0.769. The Kier molecular flexibility index (Phi) is 4.62. The van der Waals surface area contributed by atoms with Gasteiger partial charge < -0.3 is 9.88 Å². The average molecular weight is 440 g/mol. The van der Waals surface area contributed by atoms with Gasteiger partial charge in [-0.05, 0) is 54.7 Å². The van der Waals surface area contributed by atoms with Crippen LogP contribution in [0, 0.1) is 5.92 Å². The standard InChI is InChI=1S/C20H23F3N4O2S/c21-20(22,23)30(28,29)26-10-17-16(13-4-5-13)2-1-3-18(17)27(9-15-8-24-12-25-15)19(11-26)14-6-7-14/h1-3,8,12-14,19H,4-7,9-11H2,(H,24,25). The highest BCUT2D eigenvalue weighted by atomic mass is 32.2. The Morgan fingerprint density at radius 1 is 1.17 bits per heavy atom. The predicted molar refractivity (Wildman–Crippen MR) is 105 cm³/mol. The van der Waals surface area contributed by atoms with Crippen molar-refractivity contribution in [3.05, 3.63) is 47.5 Å². The molecule has 1 N–H and O–H groups in total. The SMILES string of the molecule is O=S(=O)(N1Cc2c(C3CC3)cccc2N(Cc2cnc[nH]2)C(C2CC2)C1)C(F)(F)F. The minimum Gasteiger partial charge on any atom is -0.361 e. The van der Waals surface area contributed by atoms with Gasteiger partial charge in [0.25, 0.3) is 0 Å². The third kappa shape index (κ3) is 3.49. The first-order chi connectivity index (χ1) is 14.3. The van der Waals surface area contributed by atoms with Crippen molar-refractivity contribution in [2.45, 2.75) is 56.2 Å². The fourth-order valence-corrected chi connectivity index (χ4v) is 5.45. The van der Waals surface area contributed by atoms with E-state index in [0.717, 1.165) is 42.6 Å². The lowest BCUT2D eigenvalue weighted by Gasteiger charge is -2.34. The van der Waals surface area contributed by atoms with Crippen LogP contribution in [0.1, 0.15) is 48.4 Å². The number of fused-ring (bicyclic) bond motifs is 1. The molecule has 2 heterocycles. The number of alkyl halides is 3. The lowest BCUT2D eigenvalue weighted by atomic mass is 10.00. The number of imidazole rings is 1. The van der Waals surface area contributed by atoms with Crippen LogP contribution in [0.4, 0.5) is 18.9 Å². The first-order valence-corrected chi connectivity index (χ1v) is 11.6. The second-order valence-corrected chi connectivity index (χ2v) is 10.4. The minimum absolute atomic E-state index is 0.167. The van der Waals surface area contributed by atoms with Gasteiger partial charge in [-0.2, -0.15) is 17.5 Å². The Morgan fingerprint density at radius 3 is 2.53 bits per heavy atom. The van der Waals surface area contributed by atoms with E-state index in [1.807, 2.05) is 18.2 Å². The number of nitrogens with zero attached hydrogens (tertiary/aromatic N) is 3. The lowest BCUT2D eigenvalue weighted by Crippen LogP contribution is -2.47. The van der Waals surface area contributed by atoms with Crippen molar-refractivity contribution in [2.75, 3.05) is 11.4 Å². The van der Waals surface area contributed by atoms with Gasteiger partial charge in [-0.25, -0.2) is 13.4 Å². The van der Waals surface area contributed by atoms with Crippen LogP contribution in [0.25, 0.3) is 0 Å². The molecular formula is C20H23F3N4O2S. The number of aromatic nitrogens is 2. The van der Waals surface area contributed by atoms with Gasteiger partial charge in [-0.3, -0.25) is 0 Å². The molecule has 0 amide bonds. The predicted octanol–water partition coefficient (Wildman–Crippen LogP) is 3.74. The van der Waals surface area contributed by atoms with E-state index in [1.165, 1.54) is 0 Å². The summed E-state index contributed by atoms with van der Waals surface area (Å²) in [6, 6.07) is 5.46. The van der Waals surface area contributed by atoms with E-state index in [1.54, 1.807) is 12.5 Å². The number of benzene rings is 1. The van der Waals surface area contributed by atoms with Gasteiger partial charge in [0.15, 0.2) is 0 Å². The smallest absolute Gasteiger partial charge is 0.361 e. The molecule has 0 bridgehead atoms. The van der Waals surface area contributed by atoms with Crippen LogP contribution in [0.5, 0.6) is 0 Å². The van der Waals surface area contributed by atoms with Crippen LogP contribution < -0.4 is 4.90 Å². The van der Waals surface area contributed by atoms with Gasteiger partial charge in [-0.15, -0.1) is 0 Å². The van der Waals surface area contributed by atoms with E-state index in [0.29, 0.717) is 22.3 Å². The largest absolute Gasteiger partial charge is 0.511 e. The minimum atomic E-state index is -5.43. The molecule has 1 aliphatic heterocycles. The second-order valence-electron chi connectivity index (χ2n) is 8.47. The molecule has 1 atom stereocenters. The molecule has 2 fully saturated rings. The van der Waals surface area contributed by atoms with Gasteiger partial charge >= 0.3 is 15.5 Å². The zero-order valence-corrected chi connectivity index (χ0v) is 17.1. The molecule has 1 aromatic carbocycles. The summed E-state index contributed by atoms with van der Waals surface area (Å²) in [5.41, 5.74) is -1.95. The van der Waals surface area contributed by atoms with Gasteiger partial charge in [0.2, 0.25) is 0 Å². The molecule has 2 aromatic rings.